The van der Waals surface area contributed by atoms with E-state index in [1.807, 2.05) is 6.92 Å². The second kappa shape index (κ2) is 3.59. The summed E-state index contributed by atoms with van der Waals surface area (Å²) < 4.78 is 4.95. The zero-order valence-electron chi connectivity index (χ0n) is 9.02. The fraction of sp³-hybridized carbons (Fsp3) is 0.364. The number of hydrogen-bond acceptors (Lipinski definition) is 4. The first-order valence-corrected chi connectivity index (χ1v) is 4.94. The van der Waals surface area contributed by atoms with Crippen LogP contribution in [0.15, 0.2) is 12.1 Å². The van der Waals surface area contributed by atoms with Crippen LogP contribution in [0.5, 0.6) is 5.75 Å². The van der Waals surface area contributed by atoms with Crippen molar-refractivity contribution >= 4 is 11.5 Å². The molecule has 1 atom stereocenters. The molecule has 84 valence electrons. The molecule has 1 aliphatic carbocycles. The van der Waals surface area contributed by atoms with E-state index in [1.165, 1.54) is 13.2 Å². The van der Waals surface area contributed by atoms with E-state index in [2.05, 4.69) is 0 Å². The van der Waals surface area contributed by atoms with Crippen LogP contribution in [0, 0.1) is 16.0 Å². The largest absolute Gasteiger partial charge is 0.490 e. The van der Waals surface area contributed by atoms with Gasteiger partial charge < -0.3 is 4.74 Å². The number of nitro groups is 1. The van der Waals surface area contributed by atoms with Crippen LogP contribution in [-0.2, 0) is 6.42 Å². The average molecular weight is 221 g/mol. The van der Waals surface area contributed by atoms with E-state index in [9.17, 15) is 14.9 Å². The normalized spacial score (nSPS) is 18.4. The van der Waals surface area contributed by atoms with E-state index >= 15 is 0 Å². The minimum Gasteiger partial charge on any atom is -0.490 e. The fourth-order valence-electron chi connectivity index (χ4n) is 2.00. The van der Waals surface area contributed by atoms with Gasteiger partial charge in [0.05, 0.1) is 12.0 Å². The topological polar surface area (TPSA) is 69.4 Å². The van der Waals surface area contributed by atoms with Gasteiger partial charge in [-0.15, -0.1) is 0 Å². The lowest BCUT2D eigenvalue weighted by Crippen LogP contribution is -2.03. The molecule has 1 aromatic rings. The quantitative estimate of drug-likeness (QED) is 0.565. The molecule has 16 heavy (non-hydrogen) atoms. The number of ether oxygens (including phenoxy) is 1. The van der Waals surface area contributed by atoms with Gasteiger partial charge in [-0.2, -0.15) is 0 Å². The Balaban J connectivity index is 2.60. The summed E-state index contributed by atoms with van der Waals surface area (Å²) in [6, 6.07) is 2.91. The van der Waals surface area contributed by atoms with E-state index in [0.29, 0.717) is 12.0 Å². The lowest BCUT2D eigenvalue weighted by atomic mass is 10.1. The highest BCUT2D eigenvalue weighted by Gasteiger charge is 2.31. The van der Waals surface area contributed by atoms with Gasteiger partial charge >= 0.3 is 5.69 Å². The molecule has 0 bridgehead atoms. The number of ketones is 1. The number of carbonyl (C=O) groups excluding carboxylic acids is 1. The second-order valence-corrected chi connectivity index (χ2v) is 3.91. The van der Waals surface area contributed by atoms with Gasteiger partial charge in [0.15, 0.2) is 11.5 Å². The van der Waals surface area contributed by atoms with Crippen molar-refractivity contribution in [2.45, 2.75) is 13.3 Å². The third-order valence-corrected chi connectivity index (χ3v) is 2.84. The molecule has 0 radical (unpaired) electrons. The van der Waals surface area contributed by atoms with Crippen LogP contribution in [-0.4, -0.2) is 17.8 Å². The first kappa shape index (κ1) is 10.6. The Morgan fingerprint density at radius 3 is 2.75 bits per heavy atom. The molecular weight excluding hydrogens is 210 g/mol. The maximum Gasteiger partial charge on any atom is 0.311 e. The Bertz CT molecular complexity index is 481. The van der Waals surface area contributed by atoms with Gasteiger partial charge in [0.25, 0.3) is 0 Å². The highest BCUT2D eigenvalue weighted by Crippen LogP contribution is 2.36. The van der Waals surface area contributed by atoms with Gasteiger partial charge in [-0.1, -0.05) is 6.92 Å². The van der Waals surface area contributed by atoms with Gasteiger partial charge in [0.2, 0.25) is 0 Å². The second-order valence-electron chi connectivity index (χ2n) is 3.91. The third kappa shape index (κ3) is 1.44. The van der Waals surface area contributed by atoms with Gasteiger partial charge in [0, 0.05) is 17.5 Å². The summed E-state index contributed by atoms with van der Waals surface area (Å²) in [6.07, 6.45) is 0.628. The van der Waals surface area contributed by atoms with Crippen molar-refractivity contribution in [1.82, 2.24) is 0 Å². The number of carbonyl (C=O) groups is 1. The molecule has 0 saturated heterocycles. The number of nitro benzene ring substituents is 1. The summed E-state index contributed by atoms with van der Waals surface area (Å²) in [4.78, 5) is 22.0. The minimum atomic E-state index is -0.532. The molecule has 0 aromatic heterocycles. The molecule has 2 rings (SSSR count). The fourth-order valence-corrected chi connectivity index (χ4v) is 2.00. The molecule has 0 aliphatic heterocycles. The highest BCUT2D eigenvalue weighted by molar-refractivity contribution is 6.02. The van der Waals surface area contributed by atoms with E-state index in [4.69, 9.17) is 4.74 Å². The number of rotatable bonds is 2. The van der Waals surface area contributed by atoms with E-state index in [1.54, 1.807) is 6.07 Å². The number of hydrogen-bond donors (Lipinski definition) is 0. The lowest BCUT2D eigenvalue weighted by Gasteiger charge is -2.04. The highest BCUT2D eigenvalue weighted by atomic mass is 16.6. The summed E-state index contributed by atoms with van der Waals surface area (Å²) in [5.41, 5.74) is 1.14. The third-order valence-electron chi connectivity index (χ3n) is 2.84. The van der Waals surface area contributed by atoms with Crippen molar-refractivity contribution in [2.24, 2.45) is 5.92 Å². The minimum absolute atomic E-state index is 0.0271. The standard InChI is InChI=1S/C11H11NO4/c1-6-3-7-4-10(16-2)9(12(14)15)5-8(7)11(6)13/h4-6H,3H2,1-2H3. The number of Topliss-reactive ketones (excluding diaryl/α,β-unsaturated/α-hetero) is 1. The molecule has 1 aromatic carbocycles. The van der Waals surface area contributed by atoms with E-state index < -0.39 is 4.92 Å². The summed E-state index contributed by atoms with van der Waals surface area (Å²) in [7, 11) is 1.38. The Morgan fingerprint density at radius 2 is 2.19 bits per heavy atom. The monoisotopic (exact) mass is 221 g/mol. The molecule has 1 unspecified atom stereocenters. The van der Waals surface area contributed by atoms with Crippen molar-refractivity contribution < 1.29 is 14.5 Å². The number of benzene rings is 1. The average Bonchev–Trinajstić information content (AvgIpc) is 2.53. The number of methoxy groups -OCH3 is 1. The first-order chi connectivity index (χ1) is 7.54. The van der Waals surface area contributed by atoms with Crippen molar-refractivity contribution in [2.75, 3.05) is 7.11 Å². The Kier molecular flexibility index (Phi) is 2.38. The smallest absolute Gasteiger partial charge is 0.311 e. The molecule has 0 N–H and O–H groups in total. The van der Waals surface area contributed by atoms with Crippen molar-refractivity contribution in [1.29, 1.82) is 0 Å². The Labute approximate surface area is 92.2 Å². The molecule has 0 spiro atoms. The molecule has 0 saturated carbocycles. The molecule has 5 heteroatoms. The molecular formula is C11H11NO4. The van der Waals surface area contributed by atoms with Crippen LogP contribution in [0.4, 0.5) is 5.69 Å². The van der Waals surface area contributed by atoms with Crippen molar-refractivity contribution in [3.05, 3.63) is 33.4 Å². The van der Waals surface area contributed by atoms with Crippen LogP contribution in [0.3, 0.4) is 0 Å². The van der Waals surface area contributed by atoms with E-state index in [-0.39, 0.29) is 23.1 Å². The molecule has 5 nitrogen and oxygen atoms in total. The number of fused-ring (bicyclic) bond motifs is 1. The molecule has 0 fully saturated rings. The summed E-state index contributed by atoms with van der Waals surface area (Å²) in [6.45, 7) is 1.82. The maximum absolute atomic E-state index is 11.7. The zero-order valence-corrected chi connectivity index (χ0v) is 9.02. The zero-order chi connectivity index (χ0) is 11.9. The van der Waals surface area contributed by atoms with Crippen molar-refractivity contribution in [3.8, 4) is 5.75 Å². The van der Waals surface area contributed by atoms with Gasteiger partial charge in [-0.25, -0.2) is 0 Å². The molecule has 1 aliphatic rings. The molecule has 0 amide bonds. The Morgan fingerprint density at radius 1 is 1.50 bits per heavy atom. The van der Waals surface area contributed by atoms with Gasteiger partial charge in [0.1, 0.15) is 0 Å². The molecule has 0 heterocycles. The van der Waals surface area contributed by atoms with Crippen LogP contribution in [0.25, 0.3) is 0 Å². The predicted molar refractivity (Wildman–Crippen MR) is 56.8 cm³/mol. The Hall–Kier alpha value is -1.91. The predicted octanol–water partition coefficient (Wildman–Crippen LogP) is 1.98. The van der Waals surface area contributed by atoms with Gasteiger partial charge in [-0.05, 0) is 18.1 Å². The summed E-state index contributed by atoms with van der Waals surface area (Å²) in [5, 5.41) is 10.8. The van der Waals surface area contributed by atoms with Crippen LogP contribution in [0.2, 0.25) is 0 Å². The van der Waals surface area contributed by atoms with Crippen molar-refractivity contribution in [3.63, 3.8) is 0 Å². The van der Waals surface area contributed by atoms with Crippen LogP contribution in [0.1, 0.15) is 22.8 Å². The van der Waals surface area contributed by atoms with Gasteiger partial charge in [-0.3, -0.25) is 14.9 Å². The van der Waals surface area contributed by atoms with E-state index in [0.717, 1.165) is 5.56 Å². The summed E-state index contributed by atoms with van der Waals surface area (Å²) in [5.74, 6) is 0.0908. The maximum atomic E-state index is 11.7. The lowest BCUT2D eigenvalue weighted by molar-refractivity contribution is -0.385. The number of nitrogens with zero attached hydrogens (tertiary/aromatic N) is 1. The SMILES string of the molecule is COc1cc2c(cc1[N+](=O)[O-])C(=O)C(C)C2. The first-order valence-electron chi connectivity index (χ1n) is 4.94. The van der Waals surface area contributed by atoms with Crippen LogP contribution >= 0.6 is 0 Å². The summed E-state index contributed by atoms with van der Waals surface area (Å²) >= 11 is 0. The van der Waals surface area contributed by atoms with Crippen LogP contribution < -0.4 is 4.74 Å².